The van der Waals surface area contributed by atoms with E-state index >= 15 is 0 Å². The quantitative estimate of drug-likeness (QED) is 0.207. The lowest BCUT2D eigenvalue weighted by Gasteiger charge is -2.20. The molecular formula is C26H28O8. The van der Waals surface area contributed by atoms with Crippen LogP contribution in [0, 0.1) is 0 Å². The number of hydrogen-bond donors (Lipinski definition) is 0. The maximum Gasteiger partial charge on any atom is 0.513 e. The third-order valence-electron chi connectivity index (χ3n) is 5.29. The minimum Gasteiger partial charge on any atom is -0.434 e. The van der Waals surface area contributed by atoms with E-state index in [-0.39, 0.29) is 47.0 Å². The zero-order valence-electron chi connectivity index (χ0n) is 19.4. The van der Waals surface area contributed by atoms with Gasteiger partial charge in [0.1, 0.15) is 11.5 Å². The van der Waals surface area contributed by atoms with Crippen molar-refractivity contribution >= 4 is 23.9 Å². The first-order valence-corrected chi connectivity index (χ1v) is 11.5. The predicted molar refractivity (Wildman–Crippen MR) is 123 cm³/mol. The van der Waals surface area contributed by atoms with Gasteiger partial charge in [-0.3, -0.25) is 9.59 Å². The van der Waals surface area contributed by atoms with E-state index in [0.29, 0.717) is 12.8 Å². The fourth-order valence-corrected chi connectivity index (χ4v) is 3.56. The van der Waals surface area contributed by atoms with Gasteiger partial charge in [0.2, 0.25) is 0 Å². The van der Waals surface area contributed by atoms with Crippen molar-refractivity contribution in [2.75, 3.05) is 13.2 Å². The maximum atomic E-state index is 13.2. The van der Waals surface area contributed by atoms with Crippen LogP contribution < -0.4 is 9.47 Å². The van der Waals surface area contributed by atoms with Gasteiger partial charge in [0.25, 0.3) is 0 Å². The average molecular weight is 469 g/mol. The van der Waals surface area contributed by atoms with Crippen LogP contribution in [0.3, 0.4) is 0 Å². The first kappa shape index (κ1) is 25.0. The molecule has 180 valence electrons. The average Bonchev–Trinajstić information content (AvgIpc) is 2.83. The SMILES string of the molecule is CCCCCOC(=O)Oc1cc(OC(=O)OCCCCC)c2c(c1)C(=O)c1ccccc1C2=O. The van der Waals surface area contributed by atoms with Crippen LogP contribution in [0.25, 0.3) is 0 Å². The molecule has 0 aromatic heterocycles. The highest BCUT2D eigenvalue weighted by Gasteiger charge is 2.34. The molecule has 1 aliphatic carbocycles. The highest BCUT2D eigenvalue weighted by atomic mass is 16.7. The normalized spacial score (nSPS) is 11.9. The van der Waals surface area contributed by atoms with Gasteiger partial charge in [-0.2, -0.15) is 0 Å². The summed E-state index contributed by atoms with van der Waals surface area (Å²) in [4.78, 5) is 50.7. The molecule has 2 aromatic rings. The topological polar surface area (TPSA) is 105 Å². The Balaban J connectivity index is 1.88. The van der Waals surface area contributed by atoms with Gasteiger partial charge in [0, 0.05) is 22.8 Å². The Morgan fingerprint density at radius 2 is 1.26 bits per heavy atom. The van der Waals surface area contributed by atoms with Gasteiger partial charge in [-0.05, 0) is 18.9 Å². The van der Waals surface area contributed by atoms with E-state index in [9.17, 15) is 19.2 Å². The van der Waals surface area contributed by atoms with E-state index in [4.69, 9.17) is 18.9 Å². The Bertz CT molecular complexity index is 1070. The summed E-state index contributed by atoms with van der Waals surface area (Å²) in [5.74, 6) is -1.24. The van der Waals surface area contributed by atoms with Gasteiger partial charge in [-0.15, -0.1) is 0 Å². The highest BCUT2D eigenvalue weighted by Crippen LogP contribution is 2.37. The summed E-state index contributed by atoms with van der Waals surface area (Å²) < 4.78 is 20.6. The molecular weight excluding hydrogens is 440 g/mol. The van der Waals surface area contributed by atoms with Crippen molar-refractivity contribution in [1.82, 2.24) is 0 Å². The van der Waals surface area contributed by atoms with Crippen LogP contribution in [-0.4, -0.2) is 37.1 Å². The lowest BCUT2D eigenvalue weighted by molar-refractivity contribution is 0.0927. The molecule has 0 fully saturated rings. The van der Waals surface area contributed by atoms with Gasteiger partial charge in [0.15, 0.2) is 11.6 Å². The number of rotatable bonds is 10. The van der Waals surface area contributed by atoms with E-state index in [1.54, 1.807) is 12.1 Å². The van der Waals surface area contributed by atoms with E-state index in [0.717, 1.165) is 25.7 Å². The van der Waals surface area contributed by atoms with Crippen molar-refractivity contribution in [2.45, 2.75) is 52.4 Å². The number of carbonyl (C=O) groups excluding carboxylic acids is 4. The Hall–Kier alpha value is -3.68. The van der Waals surface area contributed by atoms with E-state index in [1.807, 2.05) is 13.8 Å². The number of fused-ring (bicyclic) bond motifs is 2. The van der Waals surface area contributed by atoms with Crippen molar-refractivity contribution in [1.29, 1.82) is 0 Å². The van der Waals surface area contributed by atoms with Gasteiger partial charge in [-0.25, -0.2) is 9.59 Å². The van der Waals surface area contributed by atoms with Gasteiger partial charge in [0.05, 0.1) is 18.8 Å². The molecule has 0 spiro atoms. The van der Waals surface area contributed by atoms with Crippen LogP contribution in [0.5, 0.6) is 11.5 Å². The van der Waals surface area contributed by atoms with E-state index in [1.165, 1.54) is 24.3 Å². The minimum atomic E-state index is -1.02. The molecule has 0 radical (unpaired) electrons. The fourth-order valence-electron chi connectivity index (χ4n) is 3.56. The largest absolute Gasteiger partial charge is 0.513 e. The molecule has 0 amide bonds. The second kappa shape index (κ2) is 12.0. The van der Waals surface area contributed by atoms with Crippen LogP contribution in [0.4, 0.5) is 9.59 Å². The summed E-state index contributed by atoms with van der Waals surface area (Å²) >= 11 is 0. The second-order valence-corrected chi connectivity index (χ2v) is 7.86. The van der Waals surface area contributed by atoms with Crippen molar-refractivity contribution in [3.05, 3.63) is 58.7 Å². The molecule has 0 N–H and O–H groups in total. The van der Waals surface area contributed by atoms with Crippen molar-refractivity contribution < 1.29 is 38.1 Å². The molecule has 1 aliphatic rings. The smallest absolute Gasteiger partial charge is 0.434 e. The van der Waals surface area contributed by atoms with Crippen LogP contribution in [-0.2, 0) is 9.47 Å². The molecule has 0 saturated heterocycles. The van der Waals surface area contributed by atoms with E-state index < -0.39 is 23.9 Å². The molecule has 0 heterocycles. The first-order valence-electron chi connectivity index (χ1n) is 11.5. The van der Waals surface area contributed by atoms with Gasteiger partial charge in [-0.1, -0.05) is 63.8 Å². The van der Waals surface area contributed by atoms with Crippen LogP contribution >= 0.6 is 0 Å². The Morgan fingerprint density at radius 1 is 0.706 bits per heavy atom. The van der Waals surface area contributed by atoms with Crippen molar-refractivity contribution in [3.63, 3.8) is 0 Å². The molecule has 0 atom stereocenters. The maximum absolute atomic E-state index is 13.2. The number of ketones is 2. The molecule has 8 nitrogen and oxygen atoms in total. The summed E-state index contributed by atoms with van der Waals surface area (Å²) in [6, 6.07) is 8.84. The molecule has 8 heteroatoms. The summed E-state index contributed by atoms with van der Waals surface area (Å²) in [5, 5.41) is 0. The lowest BCUT2D eigenvalue weighted by Crippen LogP contribution is -2.23. The van der Waals surface area contributed by atoms with Crippen molar-refractivity contribution in [3.8, 4) is 11.5 Å². The third-order valence-corrected chi connectivity index (χ3v) is 5.29. The molecule has 0 saturated carbocycles. The lowest BCUT2D eigenvalue weighted by atomic mass is 9.83. The van der Waals surface area contributed by atoms with Gasteiger partial charge < -0.3 is 18.9 Å². The Kier molecular flexibility index (Phi) is 8.79. The standard InChI is InChI=1S/C26H28O8/c1-3-5-9-13-31-25(29)33-17-15-20-22(21(16-17)34-26(30)32-14-10-6-4-2)24(28)19-12-8-7-11-18(19)23(20)27/h7-8,11-12,15-16H,3-6,9-10,13-14H2,1-2H3. The number of carbonyl (C=O) groups is 4. The minimum absolute atomic E-state index is 0.0336. The third kappa shape index (κ3) is 6.01. The Labute approximate surface area is 198 Å². The summed E-state index contributed by atoms with van der Waals surface area (Å²) in [5.41, 5.74) is 0.296. The number of benzene rings is 2. The summed E-state index contributed by atoms with van der Waals surface area (Å²) in [6.07, 6.45) is 3.10. The highest BCUT2D eigenvalue weighted by molar-refractivity contribution is 6.29. The summed E-state index contributed by atoms with van der Waals surface area (Å²) in [7, 11) is 0. The monoisotopic (exact) mass is 468 g/mol. The van der Waals surface area contributed by atoms with Crippen LogP contribution in [0.2, 0.25) is 0 Å². The predicted octanol–water partition coefficient (Wildman–Crippen LogP) is 5.87. The Morgan fingerprint density at radius 3 is 1.85 bits per heavy atom. The van der Waals surface area contributed by atoms with Crippen LogP contribution in [0.15, 0.2) is 36.4 Å². The number of hydrogen-bond acceptors (Lipinski definition) is 8. The van der Waals surface area contributed by atoms with Gasteiger partial charge >= 0.3 is 12.3 Å². The van der Waals surface area contributed by atoms with E-state index in [2.05, 4.69) is 0 Å². The molecule has 0 aliphatic heterocycles. The fraction of sp³-hybridized carbons (Fsp3) is 0.385. The number of unbranched alkanes of at least 4 members (excludes halogenated alkanes) is 4. The molecule has 0 bridgehead atoms. The first-order chi connectivity index (χ1) is 16.5. The summed E-state index contributed by atoms with van der Waals surface area (Å²) in [6.45, 7) is 4.39. The zero-order valence-corrected chi connectivity index (χ0v) is 19.4. The second-order valence-electron chi connectivity index (χ2n) is 7.86. The molecule has 0 unspecified atom stereocenters. The molecule has 2 aromatic carbocycles. The molecule has 3 rings (SSSR count). The number of ether oxygens (including phenoxy) is 4. The van der Waals surface area contributed by atoms with Crippen molar-refractivity contribution in [2.24, 2.45) is 0 Å². The van der Waals surface area contributed by atoms with Crippen LogP contribution in [0.1, 0.15) is 84.2 Å². The molecule has 34 heavy (non-hydrogen) atoms. The zero-order chi connectivity index (χ0) is 24.5.